The topological polar surface area (TPSA) is 41.6 Å². The lowest BCUT2D eigenvalue weighted by Gasteiger charge is -2.30. The highest BCUT2D eigenvalue weighted by molar-refractivity contribution is 5.93. The van der Waals surface area contributed by atoms with Gasteiger partial charge in [0.05, 0.1) is 24.6 Å². The van der Waals surface area contributed by atoms with Crippen molar-refractivity contribution in [2.45, 2.75) is 20.3 Å². The highest BCUT2D eigenvalue weighted by atomic mass is 16.5. The molecule has 0 unspecified atom stereocenters. The van der Waals surface area contributed by atoms with Crippen LogP contribution in [0, 0.1) is 0 Å². The maximum Gasteiger partial charge on any atom is 0.221 e. The number of amides is 1. The number of benzene rings is 1. The Hall–Kier alpha value is -1.55. The Labute approximate surface area is 108 Å². The SMILES string of the molecule is CCc1ccc(N2CCOCC2)c(NC(C)=O)c1. The van der Waals surface area contributed by atoms with Gasteiger partial charge in [0.25, 0.3) is 0 Å². The second-order valence-electron chi connectivity index (χ2n) is 4.49. The molecule has 1 heterocycles. The lowest BCUT2D eigenvalue weighted by Crippen LogP contribution is -2.36. The average molecular weight is 248 g/mol. The van der Waals surface area contributed by atoms with Crippen LogP contribution in [-0.4, -0.2) is 32.2 Å². The Bertz CT molecular complexity index is 426. The summed E-state index contributed by atoms with van der Waals surface area (Å²) >= 11 is 0. The predicted molar refractivity (Wildman–Crippen MR) is 73.2 cm³/mol. The lowest BCUT2D eigenvalue weighted by molar-refractivity contribution is -0.114. The molecular weight excluding hydrogens is 228 g/mol. The summed E-state index contributed by atoms with van der Waals surface area (Å²) in [6.07, 6.45) is 0.968. The molecule has 0 bridgehead atoms. The van der Waals surface area contributed by atoms with Crippen LogP contribution in [0.5, 0.6) is 0 Å². The number of morpholine rings is 1. The highest BCUT2D eigenvalue weighted by Crippen LogP contribution is 2.28. The molecule has 1 aliphatic rings. The fraction of sp³-hybridized carbons (Fsp3) is 0.500. The number of rotatable bonds is 3. The number of nitrogens with zero attached hydrogens (tertiary/aromatic N) is 1. The van der Waals surface area contributed by atoms with Crippen molar-refractivity contribution in [1.29, 1.82) is 0 Å². The van der Waals surface area contributed by atoms with Gasteiger partial charge in [-0.25, -0.2) is 0 Å². The first-order valence-corrected chi connectivity index (χ1v) is 6.44. The fourth-order valence-electron chi connectivity index (χ4n) is 2.17. The van der Waals surface area contributed by atoms with Crippen LogP contribution in [0.25, 0.3) is 0 Å². The Morgan fingerprint density at radius 3 is 2.72 bits per heavy atom. The Morgan fingerprint density at radius 2 is 2.11 bits per heavy atom. The second kappa shape index (κ2) is 5.87. The molecule has 0 saturated carbocycles. The number of anilines is 2. The first-order chi connectivity index (χ1) is 8.70. The third kappa shape index (κ3) is 3.01. The minimum atomic E-state index is -0.0298. The van der Waals surface area contributed by atoms with Crippen LogP contribution in [0.4, 0.5) is 11.4 Å². The molecule has 0 aromatic heterocycles. The van der Waals surface area contributed by atoms with Gasteiger partial charge in [-0.1, -0.05) is 13.0 Å². The van der Waals surface area contributed by atoms with Gasteiger partial charge in [-0.3, -0.25) is 4.79 Å². The maximum atomic E-state index is 11.3. The van der Waals surface area contributed by atoms with Crippen LogP contribution in [0.2, 0.25) is 0 Å². The number of hydrogen-bond acceptors (Lipinski definition) is 3. The summed E-state index contributed by atoms with van der Waals surface area (Å²) < 4.78 is 5.36. The van der Waals surface area contributed by atoms with Crippen LogP contribution >= 0.6 is 0 Å². The number of hydrogen-bond donors (Lipinski definition) is 1. The third-order valence-corrected chi connectivity index (χ3v) is 3.13. The van der Waals surface area contributed by atoms with Crippen molar-refractivity contribution in [3.05, 3.63) is 23.8 Å². The second-order valence-corrected chi connectivity index (χ2v) is 4.49. The summed E-state index contributed by atoms with van der Waals surface area (Å²) in [6.45, 7) is 6.89. The summed E-state index contributed by atoms with van der Waals surface area (Å²) in [5.74, 6) is -0.0298. The molecule has 98 valence electrons. The van der Waals surface area contributed by atoms with Gasteiger partial charge >= 0.3 is 0 Å². The molecule has 0 aliphatic carbocycles. The van der Waals surface area contributed by atoms with Crippen LogP contribution in [0.15, 0.2) is 18.2 Å². The molecule has 0 spiro atoms. The Balaban J connectivity index is 2.28. The number of aryl methyl sites for hydroxylation is 1. The summed E-state index contributed by atoms with van der Waals surface area (Å²) in [5.41, 5.74) is 3.23. The van der Waals surface area contributed by atoms with Crippen LogP contribution in [0.3, 0.4) is 0 Å². The van der Waals surface area contributed by atoms with Gasteiger partial charge in [-0.15, -0.1) is 0 Å². The van der Waals surface area contributed by atoms with Crippen LogP contribution in [0.1, 0.15) is 19.4 Å². The minimum Gasteiger partial charge on any atom is -0.378 e. The zero-order chi connectivity index (χ0) is 13.0. The molecule has 4 heteroatoms. The first-order valence-electron chi connectivity index (χ1n) is 6.44. The standard InChI is InChI=1S/C14H20N2O2/c1-3-12-4-5-14(13(10-12)15-11(2)17)16-6-8-18-9-7-16/h4-5,10H,3,6-9H2,1-2H3,(H,15,17). The van der Waals surface area contributed by atoms with E-state index in [9.17, 15) is 4.79 Å². The summed E-state index contributed by atoms with van der Waals surface area (Å²) in [6, 6.07) is 6.28. The molecule has 4 nitrogen and oxygen atoms in total. The van der Waals surface area contributed by atoms with E-state index in [-0.39, 0.29) is 5.91 Å². The lowest BCUT2D eigenvalue weighted by atomic mass is 10.1. The number of carbonyl (C=O) groups is 1. The quantitative estimate of drug-likeness (QED) is 0.890. The zero-order valence-corrected chi connectivity index (χ0v) is 11.0. The van der Waals surface area contributed by atoms with Gasteiger partial charge in [0, 0.05) is 20.0 Å². The monoisotopic (exact) mass is 248 g/mol. The molecule has 0 radical (unpaired) electrons. The summed E-state index contributed by atoms with van der Waals surface area (Å²) in [7, 11) is 0. The van der Waals surface area contributed by atoms with E-state index in [2.05, 4.69) is 35.3 Å². The van der Waals surface area contributed by atoms with Gasteiger partial charge in [-0.05, 0) is 24.1 Å². The summed E-state index contributed by atoms with van der Waals surface area (Å²) in [5, 5.41) is 2.92. The molecular formula is C14H20N2O2. The van der Waals surface area contributed by atoms with Gasteiger partial charge in [0.2, 0.25) is 5.91 Å². The maximum absolute atomic E-state index is 11.3. The van der Waals surface area contributed by atoms with E-state index in [4.69, 9.17) is 4.74 Å². The molecule has 1 N–H and O–H groups in total. The molecule has 2 rings (SSSR count). The van der Waals surface area contributed by atoms with E-state index in [1.165, 1.54) is 5.56 Å². The van der Waals surface area contributed by atoms with Crippen molar-refractivity contribution in [1.82, 2.24) is 0 Å². The number of ether oxygens (including phenoxy) is 1. The number of nitrogens with one attached hydrogen (secondary N) is 1. The Kier molecular flexibility index (Phi) is 4.20. The van der Waals surface area contributed by atoms with Crippen LogP contribution in [-0.2, 0) is 16.0 Å². The van der Waals surface area contributed by atoms with Gasteiger partial charge in [0.1, 0.15) is 0 Å². The number of carbonyl (C=O) groups excluding carboxylic acids is 1. The van der Waals surface area contributed by atoms with E-state index < -0.39 is 0 Å². The zero-order valence-electron chi connectivity index (χ0n) is 11.0. The van der Waals surface area contributed by atoms with Crippen molar-refractivity contribution in [3.63, 3.8) is 0 Å². The van der Waals surface area contributed by atoms with Crippen molar-refractivity contribution in [3.8, 4) is 0 Å². The average Bonchev–Trinajstić information content (AvgIpc) is 2.39. The minimum absolute atomic E-state index is 0.0298. The molecule has 1 saturated heterocycles. The van der Waals surface area contributed by atoms with E-state index in [0.29, 0.717) is 0 Å². The van der Waals surface area contributed by atoms with Gasteiger partial charge in [-0.2, -0.15) is 0 Å². The largest absolute Gasteiger partial charge is 0.378 e. The van der Waals surface area contributed by atoms with Crippen LogP contribution < -0.4 is 10.2 Å². The normalized spacial score (nSPS) is 15.6. The van der Waals surface area contributed by atoms with Crippen molar-refractivity contribution in [2.75, 3.05) is 36.5 Å². The molecule has 18 heavy (non-hydrogen) atoms. The van der Waals surface area contributed by atoms with Gasteiger partial charge in [0.15, 0.2) is 0 Å². The van der Waals surface area contributed by atoms with Crippen molar-refractivity contribution in [2.24, 2.45) is 0 Å². The van der Waals surface area contributed by atoms with Crippen molar-refractivity contribution >= 4 is 17.3 Å². The molecule has 1 aliphatic heterocycles. The molecule has 0 atom stereocenters. The third-order valence-electron chi connectivity index (χ3n) is 3.13. The molecule has 1 aromatic carbocycles. The van der Waals surface area contributed by atoms with Gasteiger partial charge < -0.3 is 15.0 Å². The summed E-state index contributed by atoms with van der Waals surface area (Å²) in [4.78, 5) is 13.6. The predicted octanol–water partition coefficient (Wildman–Crippen LogP) is 2.04. The molecule has 1 fully saturated rings. The van der Waals surface area contributed by atoms with E-state index in [1.54, 1.807) is 6.92 Å². The highest BCUT2D eigenvalue weighted by Gasteiger charge is 2.15. The van der Waals surface area contributed by atoms with Crippen molar-refractivity contribution < 1.29 is 9.53 Å². The first kappa shape index (κ1) is 12.9. The van der Waals surface area contributed by atoms with E-state index in [1.807, 2.05) is 0 Å². The van der Waals surface area contributed by atoms with E-state index in [0.717, 1.165) is 44.1 Å². The fourth-order valence-corrected chi connectivity index (χ4v) is 2.17. The smallest absolute Gasteiger partial charge is 0.221 e. The molecule has 1 aromatic rings. The Morgan fingerprint density at radius 1 is 1.39 bits per heavy atom. The van der Waals surface area contributed by atoms with E-state index >= 15 is 0 Å². The molecule has 1 amide bonds.